The second-order valence-electron chi connectivity index (χ2n) is 5.39. The molecule has 100 valence electrons. The van der Waals surface area contributed by atoms with Crippen LogP contribution in [0.5, 0.6) is 0 Å². The molecule has 0 bridgehead atoms. The van der Waals surface area contributed by atoms with Crippen LogP contribution in [0.15, 0.2) is 0 Å². The van der Waals surface area contributed by atoms with Crippen LogP contribution in [0.3, 0.4) is 0 Å². The fourth-order valence-corrected chi connectivity index (χ4v) is 2.58. The average molecular weight is 242 g/mol. The van der Waals surface area contributed by atoms with E-state index in [-0.39, 0.29) is 17.9 Å². The molecular formula is C13H26N2O2. The number of carbonyl (C=O) groups excluding carboxylic acids is 1. The minimum Gasteiger partial charge on any atom is -0.393 e. The second-order valence-corrected chi connectivity index (χ2v) is 5.39. The predicted octanol–water partition coefficient (Wildman–Crippen LogP) is 1.12. The first kappa shape index (κ1) is 14.5. The minimum absolute atomic E-state index is 0.107. The average Bonchev–Trinajstić information content (AvgIpc) is 2.43. The fourth-order valence-electron chi connectivity index (χ4n) is 2.58. The first-order valence-corrected chi connectivity index (χ1v) is 6.72. The molecule has 3 N–H and O–H groups in total. The van der Waals surface area contributed by atoms with Gasteiger partial charge in [-0.2, -0.15) is 0 Å². The van der Waals surface area contributed by atoms with Crippen LogP contribution in [0.1, 0.15) is 46.0 Å². The summed E-state index contributed by atoms with van der Waals surface area (Å²) in [5.74, 6) is -0.338. The molecule has 1 amide bonds. The third-order valence-electron chi connectivity index (χ3n) is 3.61. The van der Waals surface area contributed by atoms with Crippen LogP contribution < -0.4 is 5.73 Å². The molecule has 0 radical (unpaired) electrons. The third-order valence-corrected chi connectivity index (χ3v) is 3.61. The van der Waals surface area contributed by atoms with Crippen LogP contribution in [0.2, 0.25) is 0 Å². The van der Waals surface area contributed by atoms with Crippen molar-refractivity contribution in [1.29, 1.82) is 0 Å². The molecule has 1 heterocycles. The van der Waals surface area contributed by atoms with Crippen LogP contribution in [-0.2, 0) is 4.79 Å². The zero-order valence-electron chi connectivity index (χ0n) is 11.1. The number of aliphatic hydroxyl groups excluding tert-OH is 1. The SMILES string of the molecule is CC(O)CC1CCCCCN1CC(C)C(N)=O. The van der Waals surface area contributed by atoms with Crippen molar-refractivity contribution in [2.45, 2.75) is 58.1 Å². The Bertz CT molecular complexity index is 244. The predicted molar refractivity (Wildman–Crippen MR) is 68.5 cm³/mol. The summed E-state index contributed by atoms with van der Waals surface area (Å²) in [6, 6.07) is 0.402. The van der Waals surface area contributed by atoms with E-state index in [2.05, 4.69) is 4.90 Å². The van der Waals surface area contributed by atoms with E-state index in [1.165, 1.54) is 19.3 Å². The molecule has 3 atom stereocenters. The first-order chi connectivity index (χ1) is 8.00. The van der Waals surface area contributed by atoms with Crippen molar-refractivity contribution in [2.75, 3.05) is 13.1 Å². The number of hydrogen-bond acceptors (Lipinski definition) is 3. The van der Waals surface area contributed by atoms with Gasteiger partial charge in [0.25, 0.3) is 0 Å². The second kappa shape index (κ2) is 6.97. The standard InChI is InChI=1S/C13H26N2O2/c1-10(13(14)17)9-15-7-5-3-4-6-12(15)8-11(2)16/h10-12,16H,3-9H2,1-2H3,(H2,14,17). The summed E-state index contributed by atoms with van der Waals surface area (Å²) in [6.07, 6.45) is 5.30. The summed E-state index contributed by atoms with van der Waals surface area (Å²) in [5, 5.41) is 9.54. The zero-order chi connectivity index (χ0) is 12.8. The number of carbonyl (C=O) groups is 1. The molecule has 4 nitrogen and oxygen atoms in total. The lowest BCUT2D eigenvalue weighted by Gasteiger charge is -2.32. The molecule has 0 aromatic carbocycles. The largest absolute Gasteiger partial charge is 0.393 e. The molecule has 0 saturated carbocycles. The van der Waals surface area contributed by atoms with Crippen molar-refractivity contribution in [3.05, 3.63) is 0 Å². The van der Waals surface area contributed by atoms with Crippen LogP contribution >= 0.6 is 0 Å². The monoisotopic (exact) mass is 242 g/mol. The topological polar surface area (TPSA) is 66.6 Å². The molecule has 17 heavy (non-hydrogen) atoms. The molecule has 1 saturated heterocycles. The lowest BCUT2D eigenvalue weighted by molar-refractivity contribution is -0.122. The van der Waals surface area contributed by atoms with Gasteiger partial charge in [0.15, 0.2) is 0 Å². The number of likely N-dealkylation sites (tertiary alicyclic amines) is 1. The summed E-state index contributed by atoms with van der Waals surface area (Å²) < 4.78 is 0. The molecule has 0 spiro atoms. The highest BCUT2D eigenvalue weighted by Crippen LogP contribution is 2.21. The molecular weight excluding hydrogens is 216 g/mol. The molecule has 1 aliphatic heterocycles. The Hall–Kier alpha value is -0.610. The van der Waals surface area contributed by atoms with E-state index in [9.17, 15) is 9.90 Å². The number of rotatable bonds is 5. The van der Waals surface area contributed by atoms with Gasteiger partial charge in [0.1, 0.15) is 0 Å². The molecule has 0 aliphatic carbocycles. The van der Waals surface area contributed by atoms with E-state index in [0.717, 1.165) is 25.9 Å². The van der Waals surface area contributed by atoms with Crippen molar-refractivity contribution in [1.82, 2.24) is 4.90 Å². The molecule has 1 fully saturated rings. The van der Waals surface area contributed by atoms with Crippen LogP contribution in [0.4, 0.5) is 0 Å². The fraction of sp³-hybridized carbons (Fsp3) is 0.923. The van der Waals surface area contributed by atoms with Gasteiger partial charge in [0.2, 0.25) is 5.91 Å². The number of aliphatic hydroxyl groups is 1. The molecule has 1 aliphatic rings. The Balaban J connectivity index is 2.58. The van der Waals surface area contributed by atoms with E-state index in [1.54, 1.807) is 0 Å². The normalized spacial score (nSPS) is 26.2. The van der Waals surface area contributed by atoms with Gasteiger partial charge in [0, 0.05) is 18.5 Å². The number of hydrogen-bond donors (Lipinski definition) is 2. The smallest absolute Gasteiger partial charge is 0.221 e. The maximum atomic E-state index is 11.1. The lowest BCUT2D eigenvalue weighted by atomic mass is 10.0. The number of primary amides is 1. The van der Waals surface area contributed by atoms with E-state index < -0.39 is 0 Å². The van der Waals surface area contributed by atoms with Crippen molar-refractivity contribution >= 4 is 5.91 Å². The van der Waals surface area contributed by atoms with Gasteiger partial charge in [-0.25, -0.2) is 0 Å². The van der Waals surface area contributed by atoms with Crippen molar-refractivity contribution in [3.63, 3.8) is 0 Å². The molecule has 3 unspecified atom stereocenters. The van der Waals surface area contributed by atoms with Gasteiger partial charge in [0.05, 0.1) is 6.10 Å². The highest BCUT2D eigenvalue weighted by molar-refractivity contribution is 5.76. The van der Waals surface area contributed by atoms with Gasteiger partial charge < -0.3 is 10.8 Å². The third kappa shape index (κ3) is 5.04. The maximum Gasteiger partial charge on any atom is 0.221 e. The summed E-state index contributed by atoms with van der Waals surface area (Å²) in [7, 11) is 0. The minimum atomic E-state index is -0.274. The van der Waals surface area contributed by atoms with Crippen molar-refractivity contribution < 1.29 is 9.90 Å². The Morgan fingerprint density at radius 2 is 2.12 bits per heavy atom. The molecule has 0 aromatic rings. The number of amides is 1. The van der Waals surface area contributed by atoms with Gasteiger partial charge >= 0.3 is 0 Å². The Labute approximate surface area is 104 Å². The van der Waals surface area contributed by atoms with Gasteiger partial charge in [-0.15, -0.1) is 0 Å². The summed E-state index contributed by atoms with van der Waals surface area (Å²) in [6.45, 7) is 5.47. The van der Waals surface area contributed by atoms with Crippen LogP contribution in [0, 0.1) is 5.92 Å². The molecule has 0 aromatic heterocycles. The highest BCUT2D eigenvalue weighted by Gasteiger charge is 2.24. The first-order valence-electron chi connectivity index (χ1n) is 6.72. The van der Waals surface area contributed by atoms with Gasteiger partial charge in [-0.3, -0.25) is 9.69 Å². The quantitative estimate of drug-likeness (QED) is 0.759. The lowest BCUT2D eigenvalue weighted by Crippen LogP contribution is -2.42. The zero-order valence-corrected chi connectivity index (χ0v) is 11.1. The summed E-state index contributed by atoms with van der Waals surface area (Å²) in [4.78, 5) is 13.5. The van der Waals surface area contributed by atoms with Crippen molar-refractivity contribution in [3.8, 4) is 0 Å². The maximum absolute atomic E-state index is 11.1. The van der Waals surface area contributed by atoms with E-state index in [0.29, 0.717) is 6.04 Å². The molecule has 1 rings (SSSR count). The Morgan fingerprint density at radius 1 is 1.41 bits per heavy atom. The Kier molecular flexibility index (Phi) is 5.92. The number of nitrogens with two attached hydrogens (primary N) is 1. The molecule has 4 heteroatoms. The van der Waals surface area contributed by atoms with E-state index >= 15 is 0 Å². The van der Waals surface area contributed by atoms with Gasteiger partial charge in [-0.05, 0) is 32.7 Å². The Morgan fingerprint density at radius 3 is 2.71 bits per heavy atom. The van der Waals surface area contributed by atoms with E-state index in [4.69, 9.17) is 5.73 Å². The number of nitrogens with zero attached hydrogens (tertiary/aromatic N) is 1. The van der Waals surface area contributed by atoms with Gasteiger partial charge in [-0.1, -0.05) is 19.8 Å². The van der Waals surface area contributed by atoms with E-state index in [1.807, 2.05) is 13.8 Å². The van der Waals surface area contributed by atoms with Crippen LogP contribution in [0.25, 0.3) is 0 Å². The summed E-state index contributed by atoms with van der Waals surface area (Å²) >= 11 is 0. The highest BCUT2D eigenvalue weighted by atomic mass is 16.3. The van der Waals surface area contributed by atoms with Crippen molar-refractivity contribution in [2.24, 2.45) is 11.7 Å². The summed E-state index contributed by atoms with van der Waals surface area (Å²) in [5.41, 5.74) is 5.32. The van der Waals surface area contributed by atoms with Crippen LogP contribution in [-0.4, -0.2) is 41.1 Å².